The molecule has 0 aliphatic carbocycles. The number of thiophene rings is 1. The average molecular weight is 387 g/mol. The predicted octanol–water partition coefficient (Wildman–Crippen LogP) is 4.88. The van der Waals surface area contributed by atoms with E-state index in [-0.39, 0.29) is 5.91 Å². The van der Waals surface area contributed by atoms with Crippen molar-refractivity contribution in [3.05, 3.63) is 46.7 Å². The van der Waals surface area contributed by atoms with E-state index in [2.05, 4.69) is 41.7 Å². The number of carbonyl (C=O) groups excluding carboxylic acids is 1. The molecular weight excluding hydrogens is 364 g/mol. The van der Waals surface area contributed by atoms with Crippen molar-refractivity contribution in [3.8, 4) is 11.4 Å². The summed E-state index contributed by atoms with van der Waals surface area (Å²) in [5.41, 5.74) is 3.14. The molecule has 26 heavy (non-hydrogen) atoms. The molecule has 0 radical (unpaired) electrons. The second-order valence-electron chi connectivity index (χ2n) is 6.18. The van der Waals surface area contributed by atoms with E-state index in [0.29, 0.717) is 11.7 Å². The van der Waals surface area contributed by atoms with Gasteiger partial charge in [0.2, 0.25) is 5.91 Å². The maximum Gasteiger partial charge on any atom is 0.234 e. The topological polar surface area (TPSA) is 59.8 Å². The predicted molar refractivity (Wildman–Crippen MR) is 109 cm³/mol. The number of benzene rings is 1. The van der Waals surface area contributed by atoms with Crippen LogP contribution in [0.5, 0.6) is 0 Å². The lowest BCUT2D eigenvalue weighted by atomic mass is 10.0. The summed E-state index contributed by atoms with van der Waals surface area (Å²) in [6, 6.07) is 10.0. The molecule has 3 aromatic rings. The van der Waals surface area contributed by atoms with Crippen LogP contribution in [0.2, 0.25) is 0 Å². The molecule has 0 unspecified atom stereocenters. The molecular formula is C19H22N4OS2. The van der Waals surface area contributed by atoms with Gasteiger partial charge in [-0.05, 0) is 42.0 Å². The number of aromatic nitrogens is 3. The maximum absolute atomic E-state index is 12.3. The Bertz CT molecular complexity index is 854. The van der Waals surface area contributed by atoms with Crippen molar-refractivity contribution < 1.29 is 4.79 Å². The van der Waals surface area contributed by atoms with E-state index in [0.717, 1.165) is 28.8 Å². The van der Waals surface area contributed by atoms with Crippen LogP contribution in [0.4, 0.5) is 5.69 Å². The number of rotatable bonds is 7. The Kier molecular flexibility index (Phi) is 6.11. The summed E-state index contributed by atoms with van der Waals surface area (Å²) in [6.45, 7) is 7.12. The van der Waals surface area contributed by atoms with E-state index in [1.54, 1.807) is 11.3 Å². The van der Waals surface area contributed by atoms with E-state index in [1.807, 2.05) is 40.3 Å². The van der Waals surface area contributed by atoms with Crippen LogP contribution in [-0.4, -0.2) is 26.4 Å². The first-order chi connectivity index (χ1) is 12.6. The standard InChI is InChI=1S/C19H22N4OS2/c1-4-23-18(15-9-10-25-11-15)21-22-19(23)26-12-17(24)20-16-7-5-14(6-8-16)13(2)3/h5-11,13H,4,12H2,1-3H3,(H,20,24). The second-order valence-corrected chi connectivity index (χ2v) is 7.90. The third kappa shape index (κ3) is 4.34. The zero-order chi connectivity index (χ0) is 18.5. The van der Waals surface area contributed by atoms with Crippen LogP contribution in [0.3, 0.4) is 0 Å². The lowest BCUT2D eigenvalue weighted by Gasteiger charge is -2.09. The quantitative estimate of drug-likeness (QED) is 0.588. The number of carbonyl (C=O) groups is 1. The number of nitrogens with one attached hydrogen (secondary N) is 1. The number of nitrogens with zero attached hydrogens (tertiary/aromatic N) is 3. The smallest absolute Gasteiger partial charge is 0.234 e. The minimum absolute atomic E-state index is 0.0463. The van der Waals surface area contributed by atoms with Gasteiger partial charge in [-0.2, -0.15) is 11.3 Å². The Morgan fingerprint density at radius 3 is 2.62 bits per heavy atom. The minimum atomic E-state index is -0.0463. The number of thioether (sulfide) groups is 1. The van der Waals surface area contributed by atoms with E-state index < -0.39 is 0 Å². The van der Waals surface area contributed by atoms with Crippen LogP contribution in [0.25, 0.3) is 11.4 Å². The first kappa shape index (κ1) is 18.7. The third-order valence-corrected chi connectivity index (χ3v) is 5.66. The van der Waals surface area contributed by atoms with Crippen molar-refractivity contribution >= 4 is 34.7 Å². The van der Waals surface area contributed by atoms with E-state index in [9.17, 15) is 4.79 Å². The fraction of sp³-hybridized carbons (Fsp3) is 0.316. The van der Waals surface area contributed by atoms with Crippen LogP contribution in [0.1, 0.15) is 32.3 Å². The summed E-state index contributed by atoms with van der Waals surface area (Å²) in [7, 11) is 0. The van der Waals surface area contributed by atoms with Crippen molar-refractivity contribution in [1.82, 2.24) is 14.8 Å². The highest BCUT2D eigenvalue weighted by Gasteiger charge is 2.15. The molecule has 2 heterocycles. The van der Waals surface area contributed by atoms with Crippen molar-refractivity contribution in [3.63, 3.8) is 0 Å². The van der Waals surface area contributed by atoms with Gasteiger partial charge in [-0.25, -0.2) is 0 Å². The van der Waals surface area contributed by atoms with E-state index >= 15 is 0 Å². The molecule has 0 atom stereocenters. The number of hydrogen-bond acceptors (Lipinski definition) is 5. The van der Waals surface area contributed by atoms with Crippen molar-refractivity contribution in [2.75, 3.05) is 11.1 Å². The van der Waals surface area contributed by atoms with Crippen LogP contribution in [0.15, 0.2) is 46.2 Å². The molecule has 3 rings (SSSR count). The van der Waals surface area contributed by atoms with Gasteiger partial charge in [0.05, 0.1) is 5.75 Å². The highest BCUT2D eigenvalue weighted by atomic mass is 32.2. The molecule has 0 fully saturated rings. The summed E-state index contributed by atoms with van der Waals surface area (Å²) in [4.78, 5) is 12.3. The van der Waals surface area contributed by atoms with Gasteiger partial charge in [0.25, 0.3) is 0 Å². The zero-order valence-corrected chi connectivity index (χ0v) is 16.7. The normalized spacial score (nSPS) is 11.1. The fourth-order valence-electron chi connectivity index (χ4n) is 2.56. The molecule has 0 aliphatic heterocycles. The summed E-state index contributed by atoms with van der Waals surface area (Å²) in [6.07, 6.45) is 0. The van der Waals surface area contributed by atoms with Crippen LogP contribution < -0.4 is 5.32 Å². The highest BCUT2D eigenvalue weighted by molar-refractivity contribution is 7.99. The first-order valence-corrected chi connectivity index (χ1v) is 10.5. The van der Waals surface area contributed by atoms with Gasteiger partial charge >= 0.3 is 0 Å². The molecule has 7 heteroatoms. The summed E-state index contributed by atoms with van der Waals surface area (Å²) in [5, 5.41) is 16.3. The van der Waals surface area contributed by atoms with Gasteiger partial charge in [0.1, 0.15) is 0 Å². The monoisotopic (exact) mass is 386 g/mol. The molecule has 1 N–H and O–H groups in total. The molecule has 0 bridgehead atoms. The van der Waals surface area contributed by atoms with Crippen molar-refractivity contribution in [1.29, 1.82) is 0 Å². The molecule has 0 aliphatic rings. The van der Waals surface area contributed by atoms with Crippen molar-refractivity contribution in [2.24, 2.45) is 0 Å². The van der Waals surface area contributed by atoms with Gasteiger partial charge in [-0.1, -0.05) is 37.7 Å². The Balaban J connectivity index is 1.61. The number of anilines is 1. The van der Waals surface area contributed by atoms with Crippen LogP contribution in [-0.2, 0) is 11.3 Å². The van der Waals surface area contributed by atoms with Crippen molar-refractivity contribution in [2.45, 2.75) is 38.4 Å². The third-order valence-electron chi connectivity index (χ3n) is 4.01. The van der Waals surface area contributed by atoms with Gasteiger partial charge in [-0.15, -0.1) is 10.2 Å². The summed E-state index contributed by atoms with van der Waals surface area (Å²) >= 11 is 3.04. The van der Waals surface area contributed by atoms with Gasteiger partial charge in [0, 0.05) is 23.2 Å². The van der Waals surface area contributed by atoms with Gasteiger partial charge in [-0.3, -0.25) is 4.79 Å². The van der Waals surface area contributed by atoms with Gasteiger partial charge < -0.3 is 9.88 Å². The lowest BCUT2D eigenvalue weighted by Crippen LogP contribution is -2.14. The largest absolute Gasteiger partial charge is 0.325 e. The SMILES string of the molecule is CCn1c(SCC(=O)Nc2ccc(C(C)C)cc2)nnc1-c1ccsc1. The highest BCUT2D eigenvalue weighted by Crippen LogP contribution is 2.25. The molecule has 136 valence electrons. The first-order valence-electron chi connectivity index (χ1n) is 8.57. The molecule has 0 spiro atoms. The molecule has 1 amide bonds. The Hall–Kier alpha value is -2.12. The fourth-order valence-corrected chi connectivity index (χ4v) is 4.00. The average Bonchev–Trinajstić information content (AvgIpc) is 3.29. The molecule has 0 saturated heterocycles. The van der Waals surface area contributed by atoms with Gasteiger partial charge in [0.15, 0.2) is 11.0 Å². The molecule has 2 aromatic heterocycles. The summed E-state index contributed by atoms with van der Waals surface area (Å²) < 4.78 is 2.04. The number of hydrogen-bond donors (Lipinski definition) is 1. The van der Waals surface area contributed by atoms with E-state index in [1.165, 1.54) is 17.3 Å². The van der Waals surface area contributed by atoms with Crippen LogP contribution in [0, 0.1) is 0 Å². The minimum Gasteiger partial charge on any atom is -0.325 e. The van der Waals surface area contributed by atoms with Crippen LogP contribution >= 0.6 is 23.1 Å². The molecule has 1 aromatic carbocycles. The zero-order valence-electron chi connectivity index (χ0n) is 15.1. The summed E-state index contributed by atoms with van der Waals surface area (Å²) in [5.74, 6) is 1.58. The van der Waals surface area contributed by atoms with E-state index in [4.69, 9.17) is 0 Å². The Morgan fingerprint density at radius 1 is 1.23 bits per heavy atom. The second kappa shape index (κ2) is 8.51. The Morgan fingerprint density at radius 2 is 2.00 bits per heavy atom. The molecule has 0 saturated carbocycles. The number of amides is 1. The molecule has 5 nitrogen and oxygen atoms in total. The maximum atomic E-state index is 12.3. The Labute approximate surface area is 161 Å². The lowest BCUT2D eigenvalue weighted by molar-refractivity contribution is -0.113.